The van der Waals surface area contributed by atoms with Crippen LogP contribution in [0.5, 0.6) is 0 Å². The van der Waals surface area contributed by atoms with Gasteiger partial charge in [0.1, 0.15) is 0 Å². The molecule has 1 amide bonds. The van der Waals surface area contributed by atoms with Crippen molar-refractivity contribution in [3.63, 3.8) is 0 Å². The van der Waals surface area contributed by atoms with Gasteiger partial charge in [0, 0.05) is 17.1 Å². The lowest BCUT2D eigenvalue weighted by Gasteiger charge is -2.20. The average Bonchev–Trinajstić information content (AvgIpc) is 3.15. The van der Waals surface area contributed by atoms with E-state index >= 15 is 0 Å². The molecule has 0 bridgehead atoms. The van der Waals surface area contributed by atoms with Gasteiger partial charge in [-0.3, -0.25) is 14.5 Å². The Labute approximate surface area is 182 Å². The fraction of sp³-hybridized carbons (Fsp3) is 0.0909. The number of hydrogen-bond acceptors (Lipinski definition) is 5. The van der Waals surface area contributed by atoms with Crippen LogP contribution in [-0.2, 0) is 0 Å². The van der Waals surface area contributed by atoms with Crippen LogP contribution in [0.15, 0.2) is 70.8 Å². The van der Waals surface area contributed by atoms with E-state index in [9.17, 15) is 9.59 Å². The Morgan fingerprint density at radius 2 is 1.77 bits per heavy atom. The standard InChI is InChI=1S/C22H17ClN4O2S/c1-14-13-30-22(24-14)26(16-8-4-3-5-9-16)21(29)20-19(28)12-15(2)27(25-20)18-11-7-6-10-17(18)23/h3-13H,1-2H3. The van der Waals surface area contributed by atoms with E-state index in [-0.39, 0.29) is 5.69 Å². The number of aromatic nitrogens is 3. The predicted octanol–water partition coefficient (Wildman–Crippen LogP) is 4.94. The molecule has 0 spiro atoms. The van der Waals surface area contributed by atoms with Crippen LogP contribution < -0.4 is 10.3 Å². The van der Waals surface area contributed by atoms with Crippen molar-refractivity contribution < 1.29 is 4.79 Å². The fourth-order valence-electron chi connectivity index (χ4n) is 3.00. The average molecular weight is 437 g/mol. The van der Waals surface area contributed by atoms with E-state index in [2.05, 4.69) is 10.1 Å². The van der Waals surface area contributed by atoms with Gasteiger partial charge in [-0.15, -0.1) is 11.3 Å². The second kappa shape index (κ2) is 8.22. The number of benzene rings is 2. The number of carbonyl (C=O) groups excluding carboxylic acids is 1. The van der Waals surface area contributed by atoms with E-state index in [0.29, 0.717) is 27.2 Å². The SMILES string of the molecule is Cc1csc(N(C(=O)c2nn(-c3ccccc3Cl)c(C)cc2=O)c2ccccc2)n1. The molecule has 8 heteroatoms. The first-order chi connectivity index (χ1) is 14.5. The maximum atomic E-state index is 13.5. The third kappa shape index (κ3) is 3.77. The first kappa shape index (κ1) is 20.0. The molecule has 0 fully saturated rings. The summed E-state index contributed by atoms with van der Waals surface area (Å²) in [6, 6.07) is 17.6. The van der Waals surface area contributed by atoms with E-state index < -0.39 is 11.3 Å². The van der Waals surface area contributed by atoms with Crippen molar-refractivity contribution in [2.24, 2.45) is 0 Å². The second-order valence-electron chi connectivity index (χ2n) is 6.61. The largest absolute Gasteiger partial charge is 0.289 e. The van der Waals surface area contributed by atoms with Gasteiger partial charge < -0.3 is 0 Å². The van der Waals surface area contributed by atoms with Crippen LogP contribution in [0.25, 0.3) is 5.69 Å². The molecule has 0 atom stereocenters. The smallest absolute Gasteiger partial charge is 0.287 e. The highest BCUT2D eigenvalue weighted by atomic mass is 35.5. The minimum absolute atomic E-state index is 0.211. The van der Waals surface area contributed by atoms with E-state index in [1.165, 1.54) is 27.0 Å². The van der Waals surface area contributed by atoms with Gasteiger partial charge in [-0.2, -0.15) is 5.10 Å². The Balaban J connectivity index is 1.88. The monoisotopic (exact) mass is 436 g/mol. The zero-order valence-electron chi connectivity index (χ0n) is 16.2. The molecule has 2 aromatic heterocycles. The molecule has 0 aliphatic carbocycles. The Hall–Kier alpha value is -3.29. The molecule has 0 unspecified atom stereocenters. The van der Waals surface area contributed by atoms with Gasteiger partial charge in [-0.25, -0.2) is 9.67 Å². The highest BCUT2D eigenvalue weighted by molar-refractivity contribution is 7.14. The number of anilines is 2. The van der Waals surface area contributed by atoms with Crippen LogP contribution >= 0.6 is 22.9 Å². The Morgan fingerprint density at radius 3 is 2.43 bits per heavy atom. The number of carbonyl (C=O) groups is 1. The van der Waals surface area contributed by atoms with Crippen molar-refractivity contribution in [2.45, 2.75) is 13.8 Å². The predicted molar refractivity (Wildman–Crippen MR) is 119 cm³/mol. The summed E-state index contributed by atoms with van der Waals surface area (Å²) in [7, 11) is 0. The maximum absolute atomic E-state index is 13.5. The van der Waals surface area contributed by atoms with Crippen LogP contribution in [-0.4, -0.2) is 20.7 Å². The summed E-state index contributed by atoms with van der Waals surface area (Å²) in [5, 5.41) is 7.17. The van der Waals surface area contributed by atoms with E-state index in [4.69, 9.17) is 11.6 Å². The molecule has 0 radical (unpaired) electrons. The summed E-state index contributed by atoms with van der Waals surface area (Å²) < 4.78 is 1.51. The first-order valence-electron chi connectivity index (χ1n) is 9.13. The van der Waals surface area contributed by atoms with Crippen LogP contribution in [0.2, 0.25) is 5.02 Å². The van der Waals surface area contributed by atoms with Crippen molar-refractivity contribution in [2.75, 3.05) is 4.90 Å². The van der Waals surface area contributed by atoms with Gasteiger partial charge in [-0.05, 0) is 38.1 Å². The highest BCUT2D eigenvalue weighted by Crippen LogP contribution is 2.29. The van der Waals surface area contributed by atoms with Crippen molar-refractivity contribution in [3.05, 3.63) is 98.4 Å². The van der Waals surface area contributed by atoms with E-state index in [1.807, 2.05) is 36.6 Å². The number of hydrogen-bond donors (Lipinski definition) is 0. The summed E-state index contributed by atoms with van der Waals surface area (Å²) in [5.41, 5.74) is 1.87. The number of para-hydroxylation sites is 2. The second-order valence-corrected chi connectivity index (χ2v) is 7.85. The van der Waals surface area contributed by atoms with Crippen LogP contribution in [0.1, 0.15) is 21.9 Å². The Morgan fingerprint density at radius 1 is 1.07 bits per heavy atom. The van der Waals surface area contributed by atoms with Crippen LogP contribution in [0.3, 0.4) is 0 Å². The molecule has 6 nitrogen and oxygen atoms in total. The van der Waals surface area contributed by atoms with Gasteiger partial charge >= 0.3 is 0 Å². The lowest BCUT2D eigenvalue weighted by molar-refractivity contribution is 0.0991. The van der Waals surface area contributed by atoms with Crippen LogP contribution in [0, 0.1) is 13.8 Å². The third-order valence-electron chi connectivity index (χ3n) is 4.41. The molecule has 0 aliphatic rings. The number of thiazole rings is 1. The zero-order valence-corrected chi connectivity index (χ0v) is 17.8. The van der Waals surface area contributed by atoms with Gasteiger partial charge in [0.15, 0.2) is 10.8 Å². The quantitative estimate of drug-likeness (QED) is 0.454. The molecular weight excluding hydrogens is 420 g/mol. The minimum Gasteiger partial charge on any atom is -0.287 e. The number of amides is 1. The summed E-state index contributed by atoms with van der Waals surface area (Å²) in [5.74, 6) is -0.554. The summed E-state index contributed by atoms with van der Waals surface area (Å²) in [4.78, 5) is 32.1. The number of aryl methyl sites for hydroxylation is 2. The number of rotatable bonds is 4. The summed E-state index contributed by atoms with van der Waals surface area (Å²) >= 11 is 7.64. The normalized spacial score (nSPS) is 10.8. The molecule has 0 saturated carbocycles. The molecule has 150 valence electrons. The van der Waals surface area contributed by atoms with Gasteiger partial charge in [0.2, 0.25) is 5.43 Å². The minimum atomic E-state index is -0.554. The Kier molecular flexibility index (Phi) is 5.48. The molecule has 0 N–H and O–H groups in total. The molecule has 0 aliphatic heterocycles. The molecule has 4 rings (SSSR count). The van der Waals surface area contributed by atoms with Crippen molar-refractivity contribution in [1.29, 1.82) is 0 Å². The molecular formula is C22H17ClN4O2S. The van der Waals surface area contributed by atoms with E-state index in [1.54, 1.807) is 37.3 Å². The maximum Gasteiger partial charge on any atom is 0.289 e. The molecule has 2 aromatic carbocycles. The van der Waals surface area contributed by atoms with E-state index in [0.717, 1.165) is 5.69 Å². The molecule has 2 heterocycles. The molecule has 30 heavy (non-hydrogen) atoms. The highest BCUT2D eigenvalue weighted by Gasteiger charge is 2.27. The van der Waals surface area contributed by atoms with Crippen molar-refractivity contribution in [1.82, 2.24) is 14.8 Å². The topological polar surface area (TPSA) is 68.1 Å². The molecule has 4 aromatic rings. The van der Waals surface area contributed by atoms with Crippen molar-refractivity contribution >= 4 is 39.7 Å². The first-order valence-corrected chi connectivity index (χ1v) is 10.4. The zero-order chi connectivity index (χ0) is 21.3. The number of halogens is 1. The Bertz CT molecular complexity index is 1280. The third-order valence-corrected chi connectivity index (χ3v) is 5.67. The van der Waals surface area contributed by atoms with Crippen molar-refractivity contribution in [3.8, 4) is 5.69 Å². The lowest BCUT2D eigenvalue weighted by Crippen LogP contribution is -2.33. The fourth-order valence-corrected chi connectivity index (χ4v) is 4.04. The number of nitrogens with zero attached hydrogens (tertiary/aromatic N) is 4. The summed E-state index contributed by atoms with van der Waals surface area (Å²) in [6.07, 6.45) is 0. The lowest BCUT2D eigenvalue weighted by atomic mass is 10.2. The molecule has 0 saturated heterocycles. The van der Waals surface area contributed by atoms with Gasteiger partial charge in [-0.1, -0.05) is 41.9 Å². The summed E-state index contributed by atoms with van der Waals surface area (Å²) in [6.45, 7) is 3.59. The van der Waals surface area contributed by atoms with Gasteiger partial charge in [0.05, 0.1) is 22.1 Å². The van der Waals surface area contributed by atoms with Crippen LogP contribution in [0.4, 0.5) is 10.8 Å². The van der Waals surface area contributed by atoms with Gasteiger partial charge in [0.25, 0.3) is 5.91 Å².